The van der Waals surface area contributed by atoms with Gasteiger partial charge in [-0.25, -0.2) is 0 Å². The number of carbonyl (C=O) groups is 1. The van der Waals surface area contributed by atoms with E-state index in [4.69, 9.17) is 21.1 Å². The molecule has 5 heteroatoms. The van der Waals surface area contributed by atoms with Crippen molar-refractivity contribution in [3.63, 3.8) is 0 Å². The van der Waals surface area contributed by atoms with Crippen molar-refractivity contribution >= 4 is 29.3 Å². The predicted molar refractivity (Wildman–Crippen MR) is 103 cm³/mol. The third kappa shape index (κ3) is 5.54. The Bertz CT molecular complexity index is 754. The lowest BCUT2D eigenvalue weighted by atomic mass is 10.2. The Morgan fingerprint density at radius 1 is 1.24 bits per heavy atom. The molecule has 0 saturated heterocycles. The third-order valence-electron chi connectivity index (χ3n) is 3.52. The number of methoxy groups -OCH3 is 1. The van der Waals surface area contributed by atoms with Crippen LogP contribution in [0.4, 0.5) is 5.69 Å². The van der Waals surface area contributed by atoms with Gasteiger partial charge >= 0.3 is 0 Å². The molecule has 0 heterocycles. The van der Waals surface area contributed by atoms with Crippen molar-refractivity contribution in [2.24, 2.45) is 0 Å². The van der Waals surface area contributed by atoms with E-state index < -0.39 is 0 Å². The summed E-state index contributed by atoms with van der Waals surface area (Å²) in [4.78, 5) is 12.1. The Morgan fingerprint density at radius 3 is 2.60 bits per heavy atom. The summed E-state index contributed by atoms with van der Waals surface area (Å²) in [5.41, 5.74) is 2.37. The summed E-state index contributed by atoms with van der Waals surface area (Å²) in [5.74, 6) is 1.10. The number of ether oxygens (including phenoxy) is 2. The number of aryl methyl sites for hydroxylation is 1. The molecule has 1 amide bonds. The molecule has 2 rings (SSSR count). The number of rotatable bonds is 7. The number of amides is 1. The fourth-order valence-electron chi connectivity index (χ4n) is 2.17. The maximum absolute atomic E-state index is 12.1. The number of hydrogen-bond acceptors (Lipinski definition) is 3. The van der Waals surface area contributed by atoms with Crippen molar-refractivity contribution in [2.45, 2.75) is 20.3 Å². The SMILES string of the molecule is CCCOc1ccc(C=CC(=O)Nc2cc(C)c(Cl)cc2OC)cc1. The molecule has 0 bridgehead atoms. The number of benzene rings is 2. The molecule has 0 unspecified atom stereocenters. The first-order valence-corrected chi connectivity index (χ1v) is 8.47. The molecule has 0 aliphatic rings. The van der Waals surface area contributed by atoms with Gasteiger partial charge in [-0.1, -0.05) is 30.7 Å². The largest absolute Gasteiger partial charge is 0.495 e. The number of halogens is 1. The quantitative estimate of drug-likeness (QED) is 0.700. The highest BCUT2D eigenvalue weighted by Crippen LogP contribution is 2.30. The van der Waals surface area contributed by atoms with Crippen molar-refractivity contribution in [1.82, 2.24) is 0 Å². The van der Waals surface area contributed by atoms with Gasteiger partial charge in [0.25, 0.3) is 0 Å². The van der Waals surface area contributed by atoms with Gasteiger partial charge in [-0.15, -0.1) is 0 Å². The second-order valence-corrected chi connectivity index (χ2v) is 5.95. The molecule has 0 fully saturated rings. The second-order valence-electron chi connectivity index (χ2n) is 5.54. The first kappa shape index (κ1) is 18.9. The number of nitrogens with one attached hydrogen (secondary N) is 1. The van der Waals surface area contributed by atoms with Gasteiger partial charge in [-0.3, -0.25) is 4.79 Å². The summed E-state index contributed by atoms with van der Waals surface area (Å²) in [6.07, 6.45) is 4.19. The van der Waals surface area contributed by atoms with Crippen LogP contribution in [0, 0.1) is 6.92 Å². The van der Waals surface area contributed by atoms with E-state index in [0.717, 1.165) is 23.3 Å². The molecule has 2 aromatic carbocycles. The van der Waals surface area contributed by atoms with Crippen molar-refractivity contribution in [3.8, 4) is 11.5 Å². The minimum atomic E-state index is -0.244. The van der Waals surface area contributed by atoms with E-state index >= 15 is 0 Å². The summed E-state index contributed by atoms with van der Waals surface area (Å²) in [6, 6.07) is 11.1. The van der Waals surface area contributed by atoms with Gasteiger partial charge in [0.15, 0.2) is 0 Å². The Hall–Kier alpha value is -2.46. The third-order valence-corrected chi connectivity index (χ3v) is 3.93. The predicted octanol–water partition coefficient (Wildman–Crippen LogP) is 5.10. The minimum Gasteiger partial charge on any atom is -0.495 e. The topological polar surface area (TPSA) is 47.6 Å². The van der Waals surface area contributed by atoms with Crippen LogP contribution in [-0.2, 0) is 4.79 Å². The van der Waals surface area contributed by atoms with Gasteiger partial charge in [0.1, 0.15) is 11.5 Å². The van der Waals surface area contributed by atoms with Crippen LogP contribution in [-0.4, -0.2) is 19.6 Å². The maximum atomic E-state index is 12.1. The van der Waals surface area contributed by atoms with Crippen LogP contribution in [0.2, 0.25) is 5.02 Å². The molecule has 4 nitrogen and oxygen atoms in total. The van der Waals surface area contributed by atoms with Gasteiger partial charge in [0, 0.05) is 17.2 Å². The van der Waals surface area contributed by atoms with Crippen LogP contribution >= 0.6 is 11.6 Å². The molecular formula is C20H22ClNO3. The highest BCUT2D eigenvalue weighted by atomic mass is 35.5. The Kier molecular flexibility index (Phi) is 6.90. The standard InChI is InChI=1S/C20H22ClNO3/c1-4-11-25-16-8-5-15(6-9-16)7-10-20(23)22-18-12-14(2)17(21)13-19(18)24-3/h5-10,12-13H,4,11H2,1-3H3,(H,22,23). The summed E-state index contributed by atoms with van der Waals surface area (Å²) in [7, 11) is 1.54. The highest BCUT2D eigenvalue weighted by Gasteiger charge is 2.08. The Balaban J connectivity index is 2.02. The lowest BCUT2D eigenvalue weighted by Crippen LogP contribution is -2.09. The molecule has 0 aromatic heterocycles. The molecule has 0 spiro atoms. The van der Waals surface area contributed by atoms with Gasteiger partial charge in [0.05, 0.1) is 19.4 Å². The molecule has 0 atom stereocenters. The molecule has 25 heavy (non-hydrogen) atoms. The minimum absolute atomic E-state index is 0.244. The van der Waals surface area contributed by atoms with Gasteiger partial charge in [-0.05, 0) is 48.7 Å². The van der Waals surface area contributed by atoms with E-state index in [2.05, 4.69) is 12.2 Å². The molecule has 0 saturated carbocycles. The van der Waals surface area contributed by atoms with E-state index in [9.17, 15) is 4.79 Å². The fraction of sp³-hybridized carbons (Fsp3) is 0.250. The van der Waals surface area contributed by atoms with Crippen molar-refractivity contribution in [1.29, 1.82) is 0 Å². The monoisotopic (exact) mass is 359 g/mol. The number of carbonyl (C=O) groups excluding carboxylic acids is 1. The second kappa shape index (κ2) is 9.14. The zero-order valence-corrected chi connectivity index (χ0v) is 15.4. The smallest absolute Gasteiger partial charge is 0.248 e. The van der Waals surface area contributed by atoms with E-state index in [1.54, 1.807) is 18.2 Å². The fourth-order valence-corrected chi connectivity index (χ4v) is 2.32. The molecule has 0 radical (unpaired) electrons. The van der Waals surface area contributed by atoms with Crippen LogP contribution in [0.5, 0.6) is 11.5 Å². The first-order valence-electron chi connectivity index (χ1n) is 8.09. The molecule has 132 valence electrons. The number of hydrogen-bond donors (Lipinski definition) is 1. The molecule has 0 aliphatic carbocycles. The maximum Gasteiger partial charge on any atom is 0.248 e. The van der Waals surface area contributed by atoms with Crippen LogP contribution in [0.15, 0.2) is 42.5 Å². The van der Waals surface area contributed by atoms with Crippen LogP contribution in [0.25, 0.3) is 6.08 Å². The average Bonchev–Trinajstić information content (AvgIpc) is 2.62. The summed E-state index contributed by atoms with van der Waals surface area (Å²) in [5, 5.41) is 3.40. The summed E-state index contributed by atoms with van der Waals surface area (Å²) in [6.45, 7) is 4.63. The van der Waals surface area contributed by atoms with Crippen LogP contribution < -0.4 is 14.8 Å². The lowest BCUT2D eigenvalue weighted by molar-refractivity contribution is -0.111. The Labute approximate surface area is 153 Å². The zero-order valence-electron chi connectivity index (χ0n) is 14.6. The summed E-state index contributed by atoms with van der Waals surface area (Å²) < 4.78 is 10.8. The molecule has 0 aliphatic heterocycles. The normalized spacial score (nSPS) is 10.7. The zero-order chi connectivity index (χ0) is 18.2. The van der Waals surface area contributed by atoms with Gasteiger partial charge in [0.2, 0.25) is 5.91 Å². The summed E-state index contributed by atoms with van der Waals surface area (Å²) >= 11 is 6.07. The van der Waals surface area contributed by atoms with E-state index in [1.165, 1.54) is 13.2 Å². The van der Waals surface area contributed by atoms with Crippen LogP contribution in [0.1, 0.15) is 24.5 Å². The molecule has 1 N–H and O–H groups in total. The van der Waals surface area contributed by atoms with Crippen molar-refractivity contribution in [3.05, 3.63) is 58.6 Å². The molecule has 2 aromatic rings. The molecular weight excluding hydrogens is 338 g/mol. The van der Waals surface area contributed by atoms with Crippen molar-refractivity contribution < 1.29 is 14.3 Å². The first-order chi connectivity index (χ1) is 12.0. The average molecular weight is 360 g/mol. The van der Waals surface area contributed by atoms with Crippen molar-refractivity contribution in [2.75, 3.05) is 19.0 Å². The van der Waals surface area contributed by atoms with E-state index in [1.807, 2.05) is 31.2 Å². The number of anilines is 1. The van der Waals surface area contributed by atoms with E-state index in [0.29, 0.717) is 23.1 Å². The highest BCUT2D eigenvalue weighted by molar-refractivity contribution is 6.31. The van der Waals surface area contributed by atoms with Gasteiger partial charge < -0.3 is 14.8 Å². The van der Waals surface area contributed by atoms with Gasteiger partial charge in [-0.2, -0.15) is 0 Å². The van der Waals surface area contributed by atoms with E-state index in [-0.39, 0.29) is 5.91 Å². The van der Waals surface area contributed by atoms with Crippen LogP contribution in [0.3, 0.4) is 0 Å². The Morgan fingerprint density at radius 2 is 1.96 bits per heavy atom. The lowest BCUT2D eigenvalue weighted by Gasteiger charge is -2.11.